The SMILES string of the molecule is COc1ccc(NC(=O)NCCCN2CCN(C3CCCCC3)CC2)cc1. The van der Waals surface area contributed by atoms with Crippen molar-refractivity contribution in [1.29, 1.82) is 0 Å². The van der Waals surface area contributed by atoms with E-state index in [2.05, 4.69) is 20.4 Å². The maximum Gasteiger partial charge on any atom is 0.319 e. The summed E-state index contributed by atoms with van der Waals surface area (Å²) in [7, 11) is 1.63. The van der Waals surface area contributed by atoms with Crippen molar-refractivity contribution in [3.05, 3.63) is 24.3 Å². The molecule has 1 aromatic rings. The van der Waals surface area contributed by atoms with Crippen LogP contribution in [0.5, 0.6) is 5.75 Å². The average molecular weight is 375 g/mol. The summed E-state index contributed by atoms with van der Waals surface area (Å²) in [6.45, 7) is 6.49. The highest BCUT2D eigenvalue weighted by atomic mass is 16.5. The van der Waals surface area contributed by atoms with E-state index in [1.165, 1.54) is 45.2 Å². The van der Waals surface area contributed by atoms with Crippen LogP contribution in [0.25, 0.3) is 0 Å². The summed E-state index contributed by atoms with van der Waals surface area (Å²) in [5.74, 6) is 0.782. The molecule has 27 heavy (non-hydrogen) atoms. The molecule has 2 amide bonds. The van der Waals surface area contributed by atoms with Crippen molar-refractivity contribution < 1.29 is 9.53 Å². The van der Waals surface area contributed by atoms with Crippen molar-refractivity contribution in [2.75, 3.05) is 51.7 Å². The molecule has 2 aliphatic rings. The van der Waals surface area contributed by atoms with Crippen molar-refractivity contribution in [2.24, 2.45) is 0 Å². The third kappa shape index (κ3) is 6.40. The molecule has 0 bridgehead atoms. The third-order valence-electron chi connectivity index (χ3n) is 5.78. The largest absolute Gasteiger partial charge is 0.497 e. The Labute approximate surface area is 163 Å². The maximum absolute atomic E-state index is 12.0. The van der Waals surface area contributed by atoms with Gasteiger partial charge in [0.05, 0.1) is 7.11 Å². The molecule has 3 rings (SSSR count). The molecule has 1 aliphatic heterocycles. The molecule has 150 valence electrons. The Kier molecular flexibility index (Phi) is 7.78. The molecule has 6 heteroatoms. The summed E-state index contributed by atoms with van der Waals surface area (Å²) in [6.07, 6.45) is 8.03. The predicted octanol–water partition coefficient (Wildman–Crippen LogP) is 3.16. The highest BCUT2D eigenvalue weighted by Crippen LogP contribution is 2.23. The summed E-state index contributed by atoms with van der Waals surface area (Å²) >= 11 is 0. The van der Waals surface area contributed by atoms with Gasteiger partial charge in [-0.15, -0.1) is 0 Å². The van der Waals surface area contributed by atoms with Gasteiger partial charge in [0, 0.05) is 44.5 Å². The molecule has 0 aromatic heterocycles. The summed E-state index contributed by atoms with van der Waals surface area (Å²) in [5, 5.41) is 5.79. The van der Waals surface area contributed by atoms with Crippen LogP contribution in [0.15, 0.2) is 24.3 Å². The second-order valence-corrected chi connectivity index (χ2v) is 7.63. The number of carbonyl (C=O) groups is 1. The Morgan fingerprint density at radius 3 is 2.44 bits per heavy atom. The Hall–Kier alpha value is -1.79. The molecule has 1 aromatic carbocycles. The second kappa shape index (κ2) is 10.5. The van der Waals surface area contributed by atoms with Crippen molar-refractivity contribution in [3.63, 3.8) is 0 Å². The lowest BCUT2D eigenvalue weighted by molar-refractivity contribution is 0.0786. The summed E-state index contributed by atoms with van der Waals surface area (Å²) in [4.78, 5) is 17.2. The molecular weight excluding hydrogens is 340 g/mol. The first-order valence-corrected chi connectivity index (χ1v) is 10.4. The van der Waals surface area contributed by atoms with Gasteiger partial charge in [0.2, 0.25) is 0 Å². The van der Waals surface area contributed by atoms with Gasteiger partial charge in [0.1, 0.15) is 5.75 Å². The van der Waals surface area contributed by atoms with Crippen LogP contribution < -0.4 is 15.4 Å². The monoisotopic (exact) mass is 374 g/mol. The summed E-state index contributed by atoms with van der Waals surface area (Å²) in [6, 6.07) is 8.03. The topological polar surface area (TPSA) is 56.8 Å². The normalized spacial score (nSPS) is 19.6. The Balaban J connectivity index is 1.26. The van der Waals surface area contributed by atoms with Crippen LogP contribution in [-0.4, -0.2) is 68.3 Å². The van der Waals surface area contributed by atoms with E-state index < -0.39 is 0 Å². The van der Waals surface area contributed by atoms with Crippen LogP contribution >= 0.6 is 0 Å². The fourth-order valence-electron chi connectivity index (χ4n) is 4.15. The van der Waals surface area contributed by atoms with Crippen molar-refractivity contribution >= 4 is 11.7 Å². The Bertz CT molecular complexity index is 564. The molecule has 1 aliphatic carbocycles. The number of methoxy groups -OCH3 is 1. The predicted molar refractivity (Wildman–Crippen MR) is 110 cm³/mol. The summed E-state index contributed by atoms with van der Waals surface area (Å²) in [5.41, 5.74) is 0.770. The molecular formula is C21H34N4O2. The number of amides is 2. The maximum atomic E-state index is 12.0. The standard InChI is InChI=1S/C21H34N4O2/c1-27-20-10-8-18(9-11-20)23-21(26)22-12-5-13-24-14-16-25(17-15-24)19-6-3-2-4-7-19/h8-11,19H,2-7,12-17H2,1H3,(H2,22,23,26). The van der Waals surface area contributed by atoms with Crippen LogP contribution in [0.4, 0.5) is 10.5 Å². The molecule has 1 saturated carbocycles. The number of ether oxygens (including phenoxy) is 1. The minimum atomic E-state index is -0.151. The number of nitrogens with zero attached hydrogens (tertiary/aromatic N) is 2. The molecule has 1 heterocycles. The van der Waals surface area contributed by atoms with E-state index in [1.54, 1.807) is 7.11 Å². The lowest BCUT2D eigenvalue weighted by Gasteiger charge is -2.40. The van der Waals surface area contributed by atoms with Crippen molar-refractivity contribution in [2.45, 2.75) is 44.6 Å². The lowest BCUT2D eigenvalue weighted by atomic mass is 9.94. The molecule has 6 nitrogen and oxygen atoms in total. The Morgan fingerprint density at radius 1 is 1.07 bits per heavy atom. The smallest absolute Gasteiger partial charge is 0.319 e. The number of hydrogen-bond acceptors (Lipinski definition) is 4. The van der Waals surface area contributed by atoms with Crippen molar-refractivity contribution in [3.8, 4) is 5.75 Å². The number of nitrogens with one attached hydrogen (secondary N) is 2. The van der Waals surface area contributed by atoms with Crippen molar-refractivity contribution in [1.82, 2.24) is 15.1 Å². The van der Waals surface area contributed by atoms with Crippen LogP contribution in [0.3, 0.4) is 0 Å². The van der Waals surface area contributed by atoms with Crippen LogP contribution in [0.1, 0.15) is 38.5 Å². The van der Waals surface area contributed by atoms with Gasteiger partial charge in [-0.2, -0.15) is 0 Å². The number of rotatable bonds is 7. The molecule has 2 fully saturated rings. The van der Waals surface area contributed by atoms with Gasteiger partial charge in [-0.25, -0.2) is 4.79 Å². The van der Waals surface area contributed by atoms with Gasteiger partial charge in [-0.05, 0) is 50.1 Å². The number of hydrogen-bond donors (Lipinski definition) is 2. The Morgan fingerprint density at radius 2 is 1.78 bits per heavy atom. The molecule has 0 atom stereocenters. The van der Waals surface area contributed by atoms with E-state index >= 15 is 0 Å². The van der Waals surface area contributed by atoms with E-state index in [4.69, 9.17) is 4.74 Å². The second-order valence-electron chi connectivity index (χ2n) is 7.63. The zero-order valence-corrected chi connectivity index (χ0v) is 16.6. The molecule has 0 unspecified atom stereocenters. The van der Waals surface area contributed by atoms with Gasteiger partial charge in [0.15, 0.2) is 0 Å². The van der Waals surface area contributed by atoms with Gasteiger partial charge >= 0.3 is 6.03 Å². The molecule has 2 N–H and O–H groups in total. The van der Waals surface area contributed by atoms with Gasteiger partial charge in [0.25, 0.3) is 0 Å². The minimum absolute atomic E-state index is 0.151. The number of benzene rings is 1. The quantitative estimate of drug-likeness (QED) is 0.720. The fraction of sp³-hybridized carbons (Fsp3) is 0.667. The fourth-order valence-corrected chi connectivity index (χ4v) is 4.15. The summed E-state index contributed by atoms with van der Waals surface area (Å²) < 4.78 is 5.12. The van der Waals surface area contributed by atoms with E-state index in [-0.39, 0.29) is 6.03 Å². The lowest BCUT2D eigenvalue weighted by Crippen LogP contribution is -2.51. The van der Waals surface area contributed by atoms with E-state index in [0.29, 0.717) is 6.54 Å². The van der Waals surface area contributed by atoms with E-state index in [9.17, 15) is 4.79 Å². The number of piperazine rings is 1. The first-order chi connectivity index (χ1) is 13.2. The minimum Gasteiger partial charge on any atom is -0.497 e. The average Bonchev–Trinajstić information content (AvgIpc) is 2.73. The number of carbonyl (C=O) groups excluding carboxylic acids is 1. The highest BCUT2D eigenvalue weighted by Gasteiger charge is 2.24. The first kappa shape index (κ1) is 20.0. The highest BCUT2D eigenvalue weighted by molar-refractivity contribution is 5.89. The van der Waals surface area contributed by atoms with Crippen LogP contribution in [0.2, 0.25) is 0 Å². The molecule has 0 radical (unpaired) electrons. The van der Waals surface area contributed by atoms with E-state index in [1.807, 2.05) is 24.3 Å². The van der Waals surface area contributed by atoms with Gasteiger partial charge < -0.3 is 20.3 Å². The zero-order chi connectivity index (χ0) is 18.9. The molecule has 1 saturated heterocycles. The van der Waals surface area contributed by atoms with Crippen LogP contribution in [-0.2, 0) is 0 Å². The zero-order valence-electron chi connectivity index (χ0n) is 16.6. The third-order valence-corrected chi connectivity index (χ3v) is 5.78. The van der Waals surface area contributed by atoms with Gasteiger partial charge in [-0.3, -0.25) is 4.90 Å². The van der Waals surface area contributed by atoms with Crippen LogP contribution in [0, 0.1) is 0 Å². The van der Waals surface area contributed by atoms with Gasteiger partial charge in [-0.1, -0.05) is 19.3 Å². The first-order valence-electron chi connectivity index (χ1n) is 10.4. The number of urea groups is 1. The van der Waals surface area contributed by atoms with E-state index in [0.717, 1.165) is 43.5 Å². The molecule has 0 spiro atoms. The number of anilines is 1.